The first kappa shape index (κ1) is 17.3. The van der Waals surface area contributed by atoms with Gasteiger partial charge in [0.25, 0.3) is 0 Å². The number of halogens is 1. The third-order valence-electron chi connectivity index (χ3n) is 4.73. The number of nitrogens with one attached hydrogen (secondary N) is 1. The van der Waals surface area contributed by atoms with Gasteiger partial charge < -0.3 is 11.1 Å². The molecule has 0 aliphatic carbocycles. The molecule has 1 aliphatic rings. The molecule has 2 rings (SSSR count). The third kappa shape index (κ3) is 3.80. The molecule has 1 aromatic rings. The van der Waals surface area contributed by atoms with Crippen LogP contribution in [-0.4, -0.2) is 36.0 Å². The van der Waals surface area contributed by atoms with E-state index in [-0.39, 0.29) is 23.4 Å². The molecule has 3 N–H and O–H groups in total. The molecule has 122 valence electrons. The van der Waals surface area contributed by atoms with E-state index in [0.717, 1.165) is 30.8 Å². The Bertz CT molecular complexity index is 559. The first-order chi connectivity index (χ1) is 10.2. The molecule has 1 heterocycles. The van der Waals surface area contributed by atoms with Crippen molar-refractivity contribution in [2.24, 2.45) is 11.1 Å². The second kappa shape index (κ2) is 6.57. The minimum atomic E-state index is -0.190. The lowest BCUT2D eigenvalue weighted by Gasteiger charge is -2.44. The number of rotatable bonds is 3. The average Bonchev–Trinajstić information content (AvgIpc) is 2.45. The predicted octanol–water partition coefficient (Wildman–Crippen LogP) is 3.03. The largest absolute Gasteiger partial charge is 0.327 e. The maximum atomic E-state index is 12.5. The number of nitrogens with two attached hydrogens (primary N) is 1. The van der Waals surface area contributed by atoms with Crippen LogP contribution >= 0.6 is 11.6 Å². The Morgan fingerprint density at radius 1 is 1.50 bits per heavy atom. The van der Waals surface area contributed by atoms with Gasteiger partial charge in [-0.05, 0) is 43.4 Å². The summed E-state index contributed by atoms with van der Waals surface area (Å²) in [7, 11) is 0. The zero-order chi connectivity index (χ0) is 16.5. The lowest BCUT2D eigenvalue weighted by atomic mass is 9.79. The predicted molar refractivity (Wildman–Crippen MR) is 92.2 cm³/mol. The molecule has 0 spiro atoms. The fourth-order valence-corrected chi connectivity index (χ4v) is 3.05. The minimum absolute atomic E-state index is 0.00311. The quantitative estimate of drug-likeness (QED) is 0.899. The highest BCUT2D eigenvalue weighted by Crippen LogP contribution is 2.29. The molecule has 2 unspecified atom stereocenters. The Labute approximate surface area is 138 Å². The normalized spacial score (nSPS) is 23.1. The average molecular weight is 324 g/mol. The van der Waals surface area contributed by atoms with Gasteiger partial charge in [-0.2, -0.15) is 0 Å². The van der Waals surface area contributed by atoms with E-state index in [4.69, 9.17) is 17.3 Å². The van der Waals surface area contributed by atoms with E-state index < -0.39 is 0 Å². The molecule has 0 bridgehead atoms. The molecular weight excluding hydrogens is 298 g/mol. The van der Waals surface area contributed by atoms with Gasteiger partial charge in [0.15, 0.2) is 0 Å². The Morgan fingerprint density at radius 2 is 2.18 bits per heavy atom. The molecule has 0 radical (unpaired) electrons. The van der Waals surface area contributed by atoms with Crippen molar-refractivity contribution in [1.82, 2.24) is 4.90 Å². The van der Waals surface area contributed by atoms with Crippen molar-refractivity contribution in [2.75, 3.05) is 18.4 Å². The fraction of sp³-hybridized carbons (Fsp3) is 0.588. The van der Waals surface area contributed by atoms with Crippen LogP contribution in [0.2, 0.25) is 5.02 Å². The summed E-state index contributed by atoms with van der Waals surface area (Å²) < 4.78 is 0. The SMILES string of the molecule is Cc1ccc(Cl)cc1NC(=O)C(C)N1CCC(N)C(C)(C)C1. The number of amides is 1. The van der Waals surface area contributed by atoms with Gasteiger partial charge >= 0.3 is 0 Å². The number of carbonyl (C=O) groups excluding carboxylic acids is 1. The summed E-state index contributed by atoms with van der Waals surface area (Å²) in [6.07, 6.45) is 0.917. The van der Waals surface area contributed by atoms with E-state index in [2.05, 4.69) is 24.1 Å². The minimum Gasteiger partial charge on any atom is -0.327 e. The highest BCUT2D eigenvalue weighted by Gasteiger charge is 2.36. The van der Waals surface area contributed by atoms with Gasteiger partial charge in [-0.15, -0.1) is 0 Å². The van der Waals surface area contributed by atoms with Crippen LogP contribution in [0.5, 0.6) is 0 Å². The van der Waals surface area contributed by atoms with Gasteiger partial charge in [0.05, 0.1) is 6.04 Å². The van der Waals surface area contributed by atoms with Crippen LogP contribution in [0.1, 0.15) is 32.8 Å². The molecule has 1 amide bonds. The summed E-state index contributed by atoms with van der Waals surface area (Å²) >= 11 is 6.01. The number of carbonyl (C=O) groups is 1. The second-order valence-corrected chi connectivity index (χ2v) is 7.42. The van der Waals surface area contributed by atoms with Crippen LogP contribution in [-0.2, 0) is 4.79 Å². The van der Waals surface area contributed by atoms with Crippen LogP contribution in [0, 0.1) is 12.3 Å². The van der Waals surface area contributed by atoms with Crippen molar-refractivity contribution in [3.05, 3.63) is 28.8 Å². The van der Waals surface area contributed by atoms with Crippen molar-refractivity contribution in [3.63, 3.8) is 0 Å². The highest BCUT2D eigenvalue weighted by atomic mass is 35.5. The molecule has 5 heteroatoms. The lowest BCUT2D eigenvalue weighted by Crippen LogP contribution is -2.56. The van der Waals surface area contributed by atoms with Crippen molar-refractivity contribution in [3.8, 4) is 0 Å². The molecule has 1 aromatic carbocycles. The maximum Gasteiger partial charge on any atom is 0.241 e. The van der Waals surface area contributed by atoms with Gasteiger partial charge in [0, 0.05) is 29.8 Å². The Hall–Kier alpha value is -1.10. The summed E-state index contributed by atoms with van der Waals surface area (Å²) in [6.45, 7) is 9.91. The Morgan fingerprint density at radius 3 is 2.82 bits per heavy atom. The summed E-state index contributed by atoms with van der Waals surface area (Å²) in [4.78, 5) is 14.7. The second-order valence-electron chi connectivity index (χ2n) is 6.98. The number of hydrogen-bond acceptors (Lipinski definition) is 3. The number of aryl methyl sites for hydroxylation is 1. The van der Waals surface area contributed by atoms with Gasteiger partial charge in [0.1, 0.15) is 0 Å². The van der Waals surface area contributed by atoms with Gasteiger partial charge in [0.2, 0.25) is 5.91 Å². The molecule has 2 atom stereocenters. The van der Waals surface area contributed by atoms with Gasteiger partial charge in [-0.25, -0.2) is 0 Å². The fourth-order valence-electron chi connectivity index (χ4n) is 2.88. The maximum absolute atomic E-state index is 12.5. The first-order valence-electron chi connectivity index (χ1n) is 7.77. The molecule has 1 aliphatic heterocycles. The standard InChI is InChI=1S/C17H26ClN3O/c1-11-5-6-13(18)9-14(11)20-16(22)12(2)21-8-7-15(19)17(3,4)10-21/h5-6,9,12,15H,7-8,10,19H2,1-4H3,(H,20,22). The van der Waals surface area contributed by atoms with E-state index in [1.807, 2.05) is 26.0 Å². The van der Waals surface area contributed by atoms with E-state index in [1.54, 1.807) is 6.07 Å². The van der Waals surface area contributed by atoms with Gasteiger partial charge in [-0.3, -0.25) is 9.69 Å². The summed E-state index contributed by atoms with van der Waals surface area (Å²) in [5.41, 5.74) is 7.98. The lowest BCUT2D eigenvalue weighted by molar-refractivity contribution is -0.122. The molecular formula is C17H26ClN3O. The molecule has 1 saturated heterocycles. The van der Waals surface area contributed by atoms with Crippen LogP contribution in [0.25, 0.3) is 0 Å². The van der Waals surface area contributed by atoms with Gasteiger partial charge in [-0.1, -0.05) is 31.5 Å². The molecule has 22 heavy (non-hydrogen) atoms. The summed E-state index contributed by atoms with van der Waals surface area (Å²) in [5, 5.41) is 3.61. The first-order valence-corrected chi connectivity index (χ1v) is 8.15. The van der Waals surface area contributed by atoms with E-state index in [0.29, 0.717) is 5.02 Å². The van der Waals surface area contributed by atoms with E-state index in [9.17, 15) is 4.79 Å². The number of piperidine rings is 1. The number of benzene rings is 1. The molecule has 1 fully saturated rings. The number of likely N-dealkylation sites (tertiary alicyclic amines) is 1. The number of anilines is 1. The van der Waals surface area contributed by atoms with Crippen LogP contribution in [0.3, 0.4) is 0 Å². The van der Waals surface area contributed by atoms with Crippen LogP contribution in [0.4, 0.5) is 5.69 Å². The van der Waals surface area contributed by atoms with E-state index in [1.165, 1.54) is 0 Å². The van der Waals surface area contributed by atoms with E-state index >= 15 is 0 Å². The summed E-state index contributed by atoms with van der Waals surface area (Å²) in [6, 6.07) is 5.52. The van der Waals surface area contributed by atoms with Crippen molar-refractivity contribution in [1.29, 1.82) is 0 Å². The van der Waals surface area contributed by atoms with Crippen LogP contribution < -0.4 is 11.1 Å². The highest BCUT2D eigenvalue weighted by molar-refractivity contribution is 6.31. The van der Waals surface area contributed by atoms with Crippen LogP contribution in [0.15, 0.2) is 18.2 Å². The molecule has 0 aromatic heterocycles. The molecule has 0 saturated carbocycles. The monoisotopic (exact) mass is 323 g/mol. The van der Waals surface area contributed by atoms with Crippen molar-refractivity contribution in [2.45, 2.75) is 46.2 Å². The smallest absolute Gasteiger partial charge is 0.241 e. The Kier molecular flexibility index (Phi) is 5.15. The zero-order valence-electron chi connectivity index (χ0n) is 13.8. The van der Waals surface area contributed by atoms with Crippen molar-refractivity contribution >= 4 is 23.2 Å². The number of nitrogens with zero attached hydrogens (tertiary/aromatic N) is 1. The third-order valence-corrected chi connectivity index (χ3v) is 4.96. The number of hydrogen-bond donors (Lipinski definition) is 2. The Balaban J connectivity index is 2.05. The summed E-state index contributed by atoms with van der Waals surface area (Å²) in [5.74, 6) is -0.00311. The zero-order valence-corrected chi connectivity index (χ0v) is 14.6. The van der Waals surface area contributed by atoms with Crippen molar-refractivity contribution < 1.29 is 4.79 Å². The topological polar surface area (TPSA) is 58.4 Å². The molecule has 4 nitrogen and oxygen atoms in total.